The summed E-state index contributed by atoms with van der Waals surface area (Å²) in [6.07, 6.45) is 3.11. The van der Waals surface area contributed by atoms with Crippen LogP contribution in [0.5, 0.6) is 0 Å². The van der Waals surface area contributed by atoms with Crippen LogP contribution >= 0.6 is 0 Å². The summed E-state index contributed by atoms with van der Waals surface area (Å²) in [5.74, 6) is -5.90. The van der Waals surface area contributed by atoms with E-state index in [2.05, 4.69) is 0 Å². The molecular weight excluding hydrogens is 192 g/mol. The third-order valence-corrected chi connectivity index (χ3v) is 1.99. The Morgan fingerprint density at radius 1 is 1.36 bits per heavy atom. The molecular formula is C8H8O6. The molecule has 0 aromatic heterocycles. The maximum atomic E-state index is 10.7. The van der Waals surface area contributed by atoms with Gasteiger partial charge in [0.25, 0.3) is 0 Å². The highest BCUT2D eigenvalue weighted by atomic mass is 16.4. The molecule has 0 amide bonds. The first-order valence-corrected chi connectivity index (χ1v) is 3.67. The van der Waals surface area contributed by atoms with Crippen LogP contribution < -0.4 is 0 Å². The van der Waals surface area contributed by atoms with Gasteiger partial charge in [0.05, 0.1) is 0 Å². The topological polar surface area (TPSA) is 115 Å². The molecule has 76 valence electrons. The van der Waals surface area contributed by atoms with Crippen molar-refractivity contribution in [1.29, 1.82) is 0 Å². The van der Waals surface area contributed by atoms with E-state index in [0.717, 1.165) is 12.2 Å². The van der Waals surface area contributed by atoms with Crippen LogP contribution in [-0.2, 0) is 9.59 Å². The first kappa shape index (κ1) is 10.3. The third-order valence-electron chi connectivity index (χ3n) is 1.99. The molecule has 0 aliphatic heterocycles. The van der Waals surface area contributed by atoms with E-state index in [1.807, 2.05) is 0 Å². The minimum absolute atomic E-state index is 0.889. The van der Waals surface area contributed by atoms with Crippen LogP contribution in [0.2, 0.25) is 0 Å². The van der Waals surface area contributed by atoms with E-state index in [4.69, 9.17) is 15.3 Å². The molecule has 6 nitrogen and oxygen atoms in total. The Kier molecular flexibility index (Phi) is 2.31. The molecule has 0 spiro atoms. The van der Waals surface area contributed by atoms with Gasteiger partial charge in [-0.05, 0) is 6.08 Å². The monoisotopic (exact) mass is 200 g/mol. The molecule has 6 heteroatoms. The number of carboxylic acids is 2. The van der Waals surface area contributed by atoms with Crippen molar-refractivity contribution in [3.05, 3.63) is 24.0 Å². The second-order valence-corrected chi connectivity index (χ2v) is 2.82. The summed E-state index contributed by atoms with van der Waals surface area (Å²) in [5, 5.41) is 35.9. The maximum absolute atomic E-state index is 10.7. The summed E-state index contributed by atoms with van der Waals surface area (Å²) in [6, 6.07) is 0. The molecule has 1 rings (SSSR count). The Balaban J connectivity index is 3.22. The minimum atomic E-state index is -2.78. The highest BCUT2D eigenvalue weighted by molar-refractivity contribution is 5.90. The van der Waals surface area contributed by atoms with Crippen LogP contribution in [0.3, 0.4) is 0 Å². The zero-order valence-electron chi connectivity index (χ0n) is 6.91. The number of carbonyl (C=O) groups is 2. The number of aliphatic carboxylic acids is 2. The van der Waals surface area contributed by atoms with Crippen LogP contribution in [-0.4, -0.2) is 38.0 Å². The maximum Gasteiger partial charge on any atom is 0.344 e. The second-order valence-electron chi connectivity index (χ2n) is 2.82. The van der Waals surface area contributed by atoms with Crippen molar-refractivity contribution in [1.82, 2.24) is 0 Å². The number of hydrogen-bond acceptors (Lipinski definition) is 4. The van der Waals surface area contributed by atoms with Gasteiger partial charge in [0.1, 0.15) is 11.7 Å². The van der Waals surface area contributed by atoms with Gasteiger partial charge in [-0.1, -0.05) is 12.2 Å². The SMILES string of the molecule is O=C(O)C1C=CC=C(O)C1(O)C(=O)O. The summed E-state index contributed by atoms with van der Waals surface area (Å²) in [5.41, 5.74) is -2.78. The van der Waals surface area contributed by atoms with Gasteiger partial charge in [-0.3, -0.25) is 4.79 Å². The summed E-state index contributed by atoms with van der Waals surface area (Å²) in [4.78, 5) is 21.3. The Bertz CT molecular complexity index is 342. The molecule has 0 aromatic rings. The fourth-order valence-electron chi connectivity index (χ4n) is 1.19. The predicted molar refractivity (Wildman–Crippen MR) is 43.6 cm³/mol. The zero-order chi connectivity index (χ0) is 10.9. The molecule has 0 fully saturated rings. The number of aliphatic hydroxyl groups is 2. The number of carboxylic acid groups (broad SMARTS) is 2. The van der Waals surface area contributed by atoms with E-state index in [1.54, 1.807) is 0 Å². The van der Waals surface area contributed by atoms with E-state index in [1.165, 1.54) is 6.08 Å². The molecule has 2 atom stereocenters. The van der Waals surface area contributed by atoms with E-state index in [-0.39, 0.29) is 0 Å². The molecule has 0 radical (unpaired) electrons. The zero-order valence-corrected chi connectivity index (χ0v) is 6.91. The molecule has 0 heterocycles. The van der Waals surface area contributed by atoms with E-state index >= 15 is 0 Å². The Hall–Kier alpha value is -1.82. The standard InChI is InChI=1S/C8H8O6/c9-5-3-1-2-4(6(10)11)8(5,14)7(12)13/h1-4,9,14H,(H,10,11)(H,12,13). The van der Waals surface area contributed by atoms with E-state index in [9.17, 15) is 14.7 Å². The Morgan fingerprint density at radius 3 is 2.29 bits per heavy atom. The minimum Gasteiger partial charge on any atom is -0.509 e. The molecule has 1 aliphatic carbocycles. The lowest BCUT2D eigenvalue weighted by Gasteiger charge is -2.28. The van der Waals surface area contributed by atoms with Crippen LogP contribution in [0.15, 0.2) is 24.0 Å². The van der Waals surface area contributed by atoms with Gasteiger partial charge in [0, 0.05) is 0 Å². The fraction of sp³-hybridized carbons (Fsp3) is 0.250. The van der Waals surface area contributed by atoms with Crippen molar-refractivity contribution < 1.29 is 30.0 Å². The van der Waals surface area contributed by atoms with Crippen molar-refractivity contribution >= 4 is 11.9 Å². The van der Waals surface area contributed by atoms with E-state index < -0.39 is 29.2 Å². The molecule has 4 N–H and O–H groups in total. The average molecular weight is 200 g/mol. The quantitative estimate of drug-likeness (QED) is 0.478. The van der Waals surface area contributed by atoms with Gasteiger partial charge in [-0.2, -0.15) is 0 Å². The van der Waals surface area contributed by atoms with Crippen LogP contribution in [0.4, 0.5) is 0 Å². The lowest BCUT2D eigenvalue weighted by atomic mass is 9.82. The van der Waals surface area contributed by atoms with Crippen molar-refractivity contribution in [2.45, 2.75) is 5.60 Å². The fourth-order valence-corrected chi connectivity index (χ4v) is 1.19. The molecule has 0 saturated carbocycles. The van der Waals surface area contributed by atoms with Crippen LogP contribution in [0.1, 0.15) is 0 Å². The van der Waals surface area contributed by atoms with Gasteiger partial charge >= 0.3 is 11.9 Å². The lowest BCUT2D eigenvalue weighted by molar-refractivity contribution is -0.169. The normalized spacial score (nSPS) is 30.9. The first-order valence-electron chi connectivity index (χ1n) is 3.67. The molecule has 1 aliphatic rings. The highest BCUT2D eigenvalue weighted by Crippen LogP contribution is 2.30. The van der Waals surface area contributed by atoms with Gasteiger partial charge in [-0.25, -0.2) is 4.79 Å². The van der Waals surface area contributed by atoms with Crippen LogP contribution in [0.25, 0.3) is 0 Å². The van der Waals surface area contributed by atoms with Crippen molar-refractivity contribution in [2.75, 3.05) is 0 Å². The predicted octanol–water partition coefficient (Wildman–Crippen LogP) is -0.485. The highest BCUT2D eigenvalue weighted by Gasteiger charge is 2.52. The lowest BCUT2D eigenvalue weighted by Crippen LogP contribution is -2.51. The van der Waals surface area contributed by atoms with Gasteiger partial charge < -0.3 is 20.4 Å². The molecule has 14 heavy (non-hydrogen) atoms. The van der Waals surface area contributed by atoms with E-state index in [0.29, 0.717) is 0 Å². The number of aliphatic hydroxyl groups excluding tert-OH is 1. The van der Waals surface area contributed by atoms with Crippen molar-refractivity contribution in [2.24, 2.45) is 5.92 Å². The molecule has 0 saturated heterocycles. The number of allylic oxidation sites excluding steroid dienone is 2. The Morgan fingerprint density at radius 2 is 1.93 bits per heavy atom. The number of rotatable bonds is 2. The summed E-state index contributed by atoms with van der Waals surface area (Å²) in [6.45, 7) is 0. The summed E-state index contributed by atoms with van der Waals surface area (Å²) >= 11 is 0. The largest absolute Gasteiger partial charge is 0.509 e. The second kappa shape index (κ2) is 3.15. The average Bonchev–Trinajstić information content (AvgIpc) is 2.08. The smallest absolute Gasteiger partial charge is 0.344 e. The molecule has 2 unspecified atom stereocenters. The molecule has 0 aromatic carbocycles. The first-order chi connectivity index (χ1) is 6.40. The van der Waals surface area contributed by atoms with Crippen molar-refractivity contribution in [3.63, 3.8) is 0 Å². The summed E-state index contributed by atoms with van der Waals surface area (Å²) in [7, 11) is 0. The van der Waals surface area contributed by atoms with Gasteiger partial charge in [-0.15, -0.1) is 0 Å². The summed E-state index contributed by atoms with van der Waals surface area (Å²) < 4.78 is 0. The number of hydrogen-bond donors (Lipinski definition) is 4. The van der Waals surface area contributed by atoms with Crippen LogP contribution in [0, 0.1) is 5.92 Å². The van der Waals surface area contributed by atoms with Gasteiger partial charge in [0.15, 0.2) is 0 Å². The van der Waals surface area contributed by atoms with Crippen molar-refractivity contribution in [3.8, 4) is 0 Å². The van der Waals surface area contributed by atoms with Gasteiger partial charge in [0.2, 0.25) is 5.60 Å². The third kappa shape index (κ3) is 1.25. The molecule has 0 bridgehead atoms. The Labute approximate surface area is 78.4 Å².